The van der Waals surface area contributed by atoms with E-state index in [2.05, 4.69) is 199 Å². The summed E-state index contributed by atoms with van der Waals surface area (Å²) in [4.78, 5) is 5.24. The number of para-hydroxylation sites is 2. The highest BCUT2D eigenvalue weighted by Crippen LogP contribution is 2.38. The van der Waals surface area contributed by atoms with Crippen LogP contribution in [0.25, 0.3) is 93.8 Å². The molecule has 0 atom stereocenters. The molecular formula is C49H32N2. The van der Waals surface area contributed by atoms with Crippen molar-refractivity contribution >= 4 is 43.5 Å². The Kier molecular flexibility index (Phi) is 6.85. The van der Waals surface area contributed by atoms with Gasteiger partial charge in [-0.2, -0.15) is 0 Å². The average molecular weight is 649 g/mol. The number of fused-ring (bicyclic) bond motifs is 6. The SMILES string of the molecule is c1ccc(-c2cc(-c3cccc(-c4ccc(-c5ccc6c(c5)c5ccccc5n6-c5ccccc5)cc4)c3)nc3ccc4ccccc4c23)cc1. The molecule has 2 aromatic heterocycles. The fraction of sp³-hybridized carbons (Fsp3) is 0. The maximum atomic E-state index is 5.24. The lowest BCUT2D eigenvalue weighted by atomic mass is 9.93. The Balaban J connectivity index is 1.03. The highest BCUT2D eigenvalue weighted by atomic mass is 15.0. The molecular weight excluding hydrogens is 617 g/mol. The van der Waals surface area contributed by atoms with Gasteiger partial charge in [0.1, 0.15) is 0 Å². The van der Waals surface area contributed by atoms with E-state index >= 15 is 0 Å². The van der Waals surface area contributed by atoms with Crippen molar-refractivity contribution < 1.29 is 0 Å². The first kappa shape index (κ1) is 29.2. The summed E-state index contributed by atoms with van der Waals surface area (Å²) in [6.45, 7) is 0. The average Bonchev–Trinajstić information content (AvgIpc) is 3.55. The van der Waals surface area contributed by atoms with Crippen LogP contribution in [0.2, 0.25) is 0 Å². The number of benzene rings is 8. The quantitative estimate of drug-likeness (QED) is 0.170. The molecule has 0 aliphatic carbocycles. The molecule has 0 saturated carbocycles. The van der Waals surface area contributed by atoms with Crippen molar-refractivity contribution in [1.82, 2.24) is 9.55 Å². The van der Waals surface area contributed by atoms with Gasteiger partial charge in [-0.3, -0.25) is 0 Å². The van der Waals surface area contributed by atoms with Crippen molar-refractivity contribution in [3.05, 3.63) is 194 Å². The third kappa shape index (κ3) is 5.00. The first-order chi connectivity index (χ1) is 25.3. The molecule has 0 radical (unpaired) electrons. The predicted octanol–water partition coefficient (Wildman–Crippen LogP) is 13.2. The molecule has 0 N–H and O–H groups in total. The fourth-order valence-electron chi connectivity index (χ4n) is 7.72. The zero-order valence-corrected chi connectivity index (χ0v) is 27.9. The van der Waals surface area contributed by atoms with Crippen LogP contribution in [0.4, 0.5) is 0 Å². The molecule has 0 bridgehead atoms. The summed E-state index contributed by atoms with van der Waals surface area (Å²) in [5.74, 6) is 0. The van der Waals surface area contributed by atoms with E-state index < -0.39 is 0 Å². The Labute approximate surface area is 296 Å². The minimum absolute atomic E-state index is 0.970. The van der Waals surface area contributed by atoms with Crippen molar-refractivity contribution in [3.8, 4) is 50.3 Å². The third-order valence-electron chi connectivity index (χ3n) is 10.2. The second kappa shape index (κ2) is 12.0. The first-order valence-electron chi connectivity index (χ1n) is 17.5. The van der Waals surface area contributed by atoms with Gasteiger partial charge in [-0.25, -0.2) is 4.98 Å². The van der Waals surface area contributed by atoms with Gasteiger partial charge in [0, 0.05) is 27.4 Å². The Morgan fingerprint density at radius 2 is 0.961 bits per heavy atom. The Bertz CT molecular complexity index is 2880. The van der Waals surface area contributed by atoms with Gasteiger partial charge in [-0.05, 0) is 92.7 Å². The normalized spacial score (nSPS) is 11.5. The summed E-state index contributed by atoms with van der Waals surface area (Å²) in [7, 11) is 0. The van der Waals surface area contributed by atoms with Crippen LogP contribution >= 0.6 is 0 Å². The van der Waals surface area contributed by atoms with E-state index in [9.17, 15) is 0 Å². The molecule has 0 amide bonds. The van der Waals surface area contributed by atoms with Gasteiger partial charge in [-0.1, -0.05) is 146 Å². The molecule has 2 heteroatoms. The van der Waals surface area contributed by atoms with Gasteiger partial charge >= 0.3 is 0 Å². The summed E-state index contributed by atoms with van der Waals surface area (Å²) in [5.41, 5.74) is 13.8. The molecule has 238 valence electrons. The van der Waals surface area contributed by atoms with Crippen LogP contribution in [0.1, 0.15) is 0 Å². The summed E-state index contributed by atoms with van der Waals surface area (Å²) in [5, 5.41) is 6.16. The van der Waals surface area contributed by atoms with Gasteiger partial charge < -0.3 is 4.57 Å². The van der Waals surface area contributed by atoms with Crippen LogP contribution in [0.5, 0.6) is 0 Å². The minimum atomic E-state index is 0.970. The highest BCUT2D eigenvalue weighted by Gasteiger charge is 2.15. The largest absolute Gasteiger partial charge is 0.309 e. The van der Waals surface area contributed by atoms with E-state index in [0.717, 1.165) is 16.8 Å². The van der Waals surface area contributed by atoms with E-state index in [1.807, 2.05) is 0 Å². The lowest BCUT2D eigenvalue weighted by molar-refractivity contribution is 1.18. The van der Waals surface area contributed by atoms with Crippen molar-refractivity contribution in [2.45, 2.75) is 0 Å². The van der Waals surface area contributed by atoms with Gasteiger partial charge in [0.2, 0.25) is 0 Å². The molecule has 0 fully saturated rings. The summed E-state index contributed by atoms with van der Waals surface area (Å²) < 4.78 is 2.36. The Morgan fingerprint density at radius 3 is 1.76 bits per heavy atom. The summed E-state index contributed by atoms with van der Waals surface area (Å²) >= 11 is 0. The zero-order valence-electron chi connectivity index (χ0n) is 27.9. The van der Waals surface area contributed by atoms with Crippen molar-refractivity contribution in [2.24, 2.45) is 0 Å². The molecule has 0 spiro atoms. The second-order valence-corrected chi connectivity index (χ2v) is 13.2. The van der Waals surface area contributed by atoms with E-state index in [1.54, 1.807) is 0 Å². The number of rotatable bonds is 5. The molecule has 2 nitrogen and oxygen atoms in total. The van der Waals surface area contributed by atoms with Crippen molar-refractivity contribution in [1.29, 1.82) is 0 Å². The molecule has 10 aromatic rings. The van der Waals surface area contributed by atoms with E-state index in [0.29, 0.717) is 0 Å². The predicted molar refractivity (Wildman–Crippen MR) is 215 cm³/mol. The van der Waals surface area contributed by atoms with E-state index in [1.165, 1.54) is 77.0 Å². The minimum Gasteiger partial charge on any atom is -0.309 e. The maximum Gasteiger partial charge on any atom is 0.0722 e. The topological polar surface area (TPSA) is 17.8 Å². The fourth-order valence-corrected chi connectivity index (χ4v) is 7.72. The maximum absolute atomic E-state index is 5.24. The highest BCUT2D eigenvalue weighted by molar-refractivity contribution is 6.14. The number of nitrogens with zero attached hydrogens (tertiary/aromatic N) is 2. The summed E-state index contributed by atoms with van der Waals surface area (Å²) in [6, 6.07) is 69.8. The van der Waals surface area contributed by atoms with Crippen molar-refractivity contribution in [3.63, 3.8) is 0 Å². The summed E-state index contributed by atoms with van der Waals surface area (Å²) in [6.07, 6.45) is 0. The van der Waals surface area contributed by atoms with Gasteiger partial charge in [0.15, 0.2) is 0 Å². The Morgan fingerprint density at radius 1 is 0.353 bits per heavy atom. The van der Waals surface area contributed by atoms with Gasteiger partial charge in [0.05, 0.1) is 22.2 Å². The Hall–Kier alpha value is -6.77. The van der Waals surface area contributed by atoms with Crippen LogP contribution in [-0.2, 0) is 0 Å². The molecule has 0 aliphatic rings. The molecule has 2 heterocycles. The van der Waals surface area contributed by atoms with Crippen molar-refractivity contribution in [2.75, 3.05) is 0 Å². The van der Waals surface area contributed by atoms with Crippen LogP contribution in [0, 0.1) is 0 Å². The van der Waals surface area contributed by atoms with Crippen LogP contribution < -0.4 is 0 Å². The van der Waals surface area contributed by atoms with Gasteiger partial charge in [0.25, 0.3) is 0 Å². The number of aromatic nitrogens is 2. The lowest BCUT2D eigenvalue weighted by Crippen LogP contribution is -1.92. The number of hydrogen-bond donors (Lipinski definition) is 0. The van der Waals surface area contributed by atoms with Crippen LogP contribution in [0.3, 0.4) is 0 Å². The standard InChI is InChI=1S/C49H32N2/c1-3-12-35(13-4-1)43-32-46(50-45-28-26-36-14-7-8-19-41(36)49(43)45)39-16-11-15-37(30-39)33-22-24-34(25-23-33)38-27-29-48-44(31-38)42-20-9-10-21-47(42)51(48)40-17-5-2-6-18-40/h1-32H. The smallest absolute Gasteiger partial charge is 0.0722 e. The molecule has 51 heavy (non-hydrogen) atoms. The molecule has 0 aliphatic heterocycles. The molecule has 0 saturated heterocycles. The second-order valence-electron chi connectivity index (χ2n) is 13.2. The van der Waals surface area contributed by atoms with Crippen LogP contribution in [-0.4, -0.2) is 9.55 Å². The zero-order chi connectivity index (χ0) is 33.7. The first-order valence-corrected chi connectivity index (χ1v) is 17.5. The number of hydrogen-bond acceptors (Lipinski definition) is 1. The van der Waals surface area contributed by atoms with E-state index in [4.69, 9.17) is 4.98 Å². The van der Waals surface area contributed by atoms with E-state index in [-0.39, 0.29) is 0 Å². The molecule has 8 aromatic carbocycles. The number of pyridine rings is 1. The molecule has 0 unspecified atom stereocenters. The third-order valence-corrected chi connectivity index (χ3v) is 10.2. The lowest BCUT2D eigenvalue weighted by Gasteiger charge is -2.14. The monoisotopic (exact) mass is 648 g/mol. The van der Waals surface area contributed by atoms with Gasteiger partial charge in [-0.15, -0.1) is 0 Å². The van der Waals surface area contributed by atoms with Crippen LogP contribution in [0.15, 0.2) is 194 Å². The molecule has 10 rings (SSSR count).